The van der Waals surface area contributed by atoms with E-state index in [1.807, 2.05) is 6.08 Å². The van der Waals surface area contributed by atoms with Crippen molar-refractivity contribution in [1.29, 1.82) is 0 Å². The lowest BCUT2D eigenvalue weighted by Crippen LogP contribution is -2.17. The zero-order valence-electron chi connectivity index (χ0n) is 7.12. The van der Waals surface area contributed by atoms with Crippen molar-refractivity contribution in [2.24, 2.45) is 0 Å². The summed E-state index contributed by atoms with van der Waals surface area (Å²) < 4.78 is 5.04. The Balaban J connectivity index is 2.12. The Morgan fingerprint density at radius 3 is 2.83 bits per heavy atom. The molecule has 0 amide bonds. The molecule has 2 nitrogen and oxygen atoms in total. The van der Waals surface area contributed by atoms with E-state index in [0.717, 1.165) is 18.3 Å². The molecule has 1 heterocycles. The van der Waals surface area contributed by atoms with Crippen molar-refractivity contribution < 1.29 is 9.68 Å². The minimum atomic E-state index is -0.658. The highest BCUT2D eigenvalue weighted by Gasteiger charge is 2.27. The number of rotatable bonds is 1. The summed E-state index contributed by atoms with van der Waals surface area (Å²) in [6.45, 7) is 0.563. The number of hydrogen-bond acceptors (Lipinski definition) is 2. The zero-order chi connectivity index (χ0) is 8.39. The number of hydrogen-bond donors (Lipinski definition) is 1. The fourth-order valence-corrected chi connectivity index (χ4v) is 1.81. The third-order valence-electron chi connectivity index (χ3n) is 2.49. The van der Waals surface area contributed by atoms with Gasteiger partial charge in [-0.3, -0.25) is 0 Å². The van der Waals surface area contributed by atoms with Crippen LogP contribution in [0.3, 0.4) is 0 Å². The molecule has 12 heavy (non-hydrogen) atoms. The van der Waals surface area contributed by atoms with E-state index in [4.69, 9.17) is 4.65 Å². The quantitative estimate of drug-likeness (QED) is 0.594. The first-order valence-electron chi connectivity index (χ1n) is 4.57. The van der Waals surface area contributed by atoms with Gasteiger partial charge in [0.15, 0.2) is 0 Å². The van der Waals surface area contributed by atoms with Gasteiger partial charge < -0.3 is 9.68 Å². The highest BCUT2D eigenvalue weighted by molar-refractivity contribution is 6.54. The maximum absolute atomic E-state index is 9.41. The molecular formula is C9H13BO2. The second kappa shape index (κ2) is 3.46. The van der Waals surface area contributed by atoms with Crippen LogP contribution in [-0.4, -0.2) is 18.7 Å². The normalized spacial score (nSPS) is 23.9. The van der Waals surface area contributed by atoms with Crippen LogP contribution in [0.1, 0.15) is 25.7 Å². The monoisotopic (exact) mass is 164 g/mol. The van der Waals surface area contributed by atoms with Gasteiger partial charge in [0.2, 0.25) is 0 Å². The van der Waals surface area contributed by atoms with E-state index >= 15 is 0 Å². The fraction of sp³-hybridized carbons (Fsp3) is 0.556. The van der Waals surface area contributed by atoms with Crippen LogP contribution in [-0.2, 0) is 4.65 Å². The average Bonchev–Trinajstić information content (AvgIpc) is 2.53. The maximum Gasteiger partial charge on any atom is 0.491 e. The van der Waals surface area contributed by atoms with E-state index in [1.165, 1.54) is 18.4 Å². The summed E-state index contributed by atoms with van der Waals surface area (Å²) in [6.07, 6.45) is 9.00. The molecular weight excluding hydrogens is 151 g/mol. The van der Waals surface area contributed by atoms with Crippen molar-refractivity contribution in [2.75, 3.05) is 6.61 Å². The Bertz CT molecular complexity index is 233. The Morgan fingerprint density at radius 2 is 2.25 bits per heavy atom. The molecule has 1 N–H and O–H groups in total. The van der Waals surface area contributed by atoms with Crippen molar-refractivity contribution in [1.82, 2.24) is 0 Å². The summed E-state index contributed by atoms with van der Waals surface area (Å²) in [5.41, 5.74) is 2.31. The molecule has 1 aliphatic heterocycles. The number of allylic oxidation sites excluding steroid dienone is 3. The van der Waals surface area contributed by atoms with Crippen molar-refractivity contribution in [3.05, 3.63) is 23.2 Å². The molecule has 0 bridgehead atoms. The first-order valence-corrected chi connectivity index (χ1v) is 4.57. The maximum atomic E-state index is 9.41. The largest absolute Gasteiger partial charge is 0.491 e. The predicted octanol–water partition coefficient (Wildman–Crippen LogP) is 1.46. The van der Waals surface area contributed by atoms with E-state index < -0.39 is 7.12 Å². The molecule has 0 atom stereocenters. The summed E-state index contributed by atoms with van der Waals surface area (Å²) in [5.74, 6) is 0. The standard InChI is InChI=1S/C9H13BO2/c11-10-9(6-7-12-10)8-4-2-1-3-5-8/h4,6,11H,1-3,5,7H2. The van der Waals surface area contributed by atoms with E-state index in [0.29, 0.717) is 6.61 Å². The van der Waals surface area contributed by atoms with E-state index in [-0.39, 0.29) is 0 Å². The molecule has 0 unspecified atom stereocenters. The fourth-order valence-electron chi connectivity index (χ4n) is 1.81. The van der Waals surface area contributed by atoms with Gasteiger partial charge in [-0.2, -0.15) is 0 Å². The van der Waals surface area contributed by atoms with Gasteiger partial charge in [0.1, 0.15) is 0 Å². The van der Waals surface area contributed by atoms with Crippen LogP contribution in [0.25, 0.3) is 0 Å². The van der Waals surface area contributed by atoms with Gasteiger partial charge in [-0.15, -0.1) is 0 Å². The molecule has 0 aromatic rings. The topological polar surface area (TPSA) is 29.5 Å². The molecule has 0 fully saturated rings. The summed E-state index contributed by atoms with van der Waals surface area (Å²) >= 11 is 0. The Hall–Kier alpha value is -0.535. The van der Waals surface area contributed by atoms with Gasteiger partial charge in [0.05, 0.1) is 6.61 Å². The van der Waals surface area contributed by atoms with Crippen LogP contribution in [0.4, 0.5) is 0 Å². The van der Waals surface area contributed by atoms with E-state index in [2.05, 4.69) is 6.08 Å². The highest BCUT2D eigenvalue weighted by atomic mass is 16.5. The molecule has 3 heteroatoms. The first-order chi connectivity index (χ1) is 5.88. The molecule has 2 aliphatic rings. The average molecular weight is 164 g/mol. The molecule has 0 radical (unpaired) electrons. The zero-order valence-corrected chi connectivity index (χ0v) is 7.12. The summed E-state index contributed by atoms with van der Waals surface area (Å²) in [6, 6.07) is 0. The van der Waals surface area contributed by atoms with Gasteiger partial charge in [0.25, 0.3) is 0 Å². The van der Waals surface area contributed by atoms with Crippen molar-refractivity contribution in [2.45, 2.75) is 25.7 Å². The second-order valence-corrected chi connectivity index (χ2v) is 3.32. The molecule has 0 aromatic heterocycles. The van der Waals surface area contributed by atoms with Crippen molar-refractivity contribution in [3.63, 3.8) is 0 Å². The summed E-state index contributed by atoms with van der Waals surface area (Å²) in [5, 5.41) is 9.41. The molecule has 64 valence electrons. The first kappa shape index (κ1) is 8.08. The molecule has 0 aromatic carbocycles. The third-order valence-corrected chi connectivity index (χ3v) is 2.49. The van der Waals surface area contributed by atoms with E-state index in [1.54, 1.807) is 0 Å². The highest BCUT2D eigenvalue weighted by Crippen LogP contribution is 2.27. The van der Waals surface area contributed by atoms with Gasteiger partial charge >= 0.3 is 7.12 Å². The molecule has 1 aliphatic carbocycles. The Labute approximate surface area is 73.1 Å². The third kappa shape index (κ3) is 1.47. The smallest absolute Gasteiger partial charge is 0.423 e. The van der Waals surface area contributed by atoms with Crippen LogP contribution < -0.4 is 0 Å². The van der Waals surface area contributed by atoms with Gasteiger partial charge in [0, 0.05) is 0 Å². The Kier molecular flexibility index (Phi) is 2.33. The molecule has 0 saturated heterocycles. The Morgan fingerprint density at radius 1 is 1.33 bits per heavy atom. The van der Waals surface area contributed by atoms with Crippen LogP contribution >= 0.6 is 0 Å². The van der Waals surface area contributed by atoms with Crippen LogP contribution in [0.5, 0.6) is 0 Å². The molecule has 2 rings (SSSR count). The minimum Gasteiger partial charge on any atom is -0.423 e. The van der Waals surface area contributed by atoms with Crippen LogP contribution in [0, 0.1) is 0 Å². The van der Waals surface area contributed by atoms with Crippen molar-refractivity contribution in [3.8, 4) is 0 Å². The lowest BCUT2D eigenvalue weighted by atomic mass is 9.73. The van der Waals surface area contributed by atoms with Gasteiger partial charge in [-0.05, 0) is 31.2 Å². The predicted molar refractivity (Wildman–Crippen MR) is 48.6 cm³/mol. The van der Waals surface area contributed by atoms with Crippen LogP contribution in [0.2, 0.25) is 0 Å². The van der Waals surface area contributed by atoms with Crippen LogP contribution in [0.15, 0.2) is 23.2 Å². The lowest BCUT2D eigenvalue weighted by Gasteiger charge is -2.13. The minimum absolute atomic E-state index is 0.563. The van der Waals surface area contributed by atoms with Gasteiger partial charge in [-0.1, -0.05) is 17.7 Å². The molecule has 0 spiro atoms. The lowest BCUT2D eigenvalue weighted by molar-refractivity contribution is 0.314. The van der Waals surface area contributed by atoms with Crippen molar-refractivity contribution >= 4 is 7.12 Å². The SMILES string of the molecule is OB1OCC=C1C1=CCCCC1. The second-order valence-electron chi connectivity index (χ2n) is 3.32. The van der Waals surface area contributed by atoms with Gasteiger partial charge in [-0.25, -0.2) is 0 Å². The van der Waals surface area contributed by atoms with E-state index in [9.17, 15) is 5.02 Å². The summed E-state index contributed by atoms with van der Waals surface area (Å²) in [4.78, 5) is 0. The summed E-state index contributed by atoms with van der Waals surface area (Å²) in [7, 11) is -0.658. The molecule has 0 saturated carbocycles.